The van der Waals surface area contributed by atoms with Crippen molar-refractivity contribution in [3.63, 3.8) is 0 Å². The van der Waals surface area contributed by atoms with E-state index >= 15 is 0 Å². The SMILES string of the molecule is CC[C@H](C)[C@@H](NC(=O)CCc1c(C)c2cc3c(C)coc3c(C)c2oc1=O)C(=O)O. The van der Waals surface area contributed by atoms with Gasteiger partial charge in [-0.2, -0.15) is 0 Å². The number of rotatable bonds is 7. The lowest BCUT2D eigenvalue weighted by Crippen LogP contribution is -2.45. The van der Waals surface area contributed by atoms with Crippen LogP contribution in [-0.2, 0) is 16.0 Å². The van der Waals surface area contributed by atoms with E-state index in [1.54, 1.807) is 13.2 Å². The summed E-state index contributed by atoms with van der Waals surface area (Å²) in [5.74, 6) is -1.66. The average Bonchev–Trinajstić information content (AvgIpc) is 3.07. The van der Waals surface area contributed by atoms with E-state index in [-0.39, 0.29) is 18.8 Å². The molecule has 2 heterocycles. The van der Waals surface area contributed by atoms with Crippen molar-refractivity contribution in [2.75, 3.05) is 0 Å². The highest BCUT2D eigenvalue weighted by atomic mass is 16.4. The summed E-state index contributed by atoms with van der Waals surface area (Å²) in [7, 11) is 0. The topological polar surface area (TPSA) is 110 Å². The Labute approximate surface area is 174 Å². The molecule has 3 rings (SSSR count). The fourth-order valence-electron chi connectivity index (χ4n) is 3.77. The molecular weight excluding hydrogens is 386 g/mol. The smallest absolute Gasteiger partial charge is 0.339 e. The van der Waals surface area contributed by atoms with Crippen molar-refractivity contribution in [1.29, 1.82) is 0 Å². The number of fused-ring (bicyclic) bond motifs is 2. The monoisotopic (exact) mass is 413 g/mol. The van der Waals surface area contributed by atoms with Crippen LogP contribution >= 0.6 is 0 Å². The molecule has 2 aromatic heterocycles. The molecule has 0 radical (unpaired) electrons. The summed E-state index contributed by atoms with van der Waals surface area (Å²) < 4.78 is 11.2. The van der Waals surface area contributed by atoms with Crippen molar-refractivity contribution in [2.24, 2.45) is 5.92 Å². The van der Waals surface area contributed by atoms with Crippen molar-refractivity contribution in [3.8, 4) is 0 Å². The number of carbonyl (C=O) groups excluding carboxylic acids is 1. The molecule has 1 amide bonds. The van der Waals surface area contributed by atoms with Crippen LogP contribution in [0, 0.1) is 26.7 Å². The first kappa shape index (κ1) is 21.6. The summed E-state index contributed by atoms with van der Waals surface area (Å²) in [5, 5.41) is 13.7. The molecule has 0 spiro atoms. The van der Waals surface area contributed by atoms with E-state index in [0.29, 0.717) is 23.2 Å². The van der Waals surface area contributed by atoms with Gasteiger partial charge in [-0.1, -0.05) is 20.3 Å². The van der Waals surface area contributed by atoms with Gasteiger partial charge in [0.25, 0.3) is 0 Å². The number of hydrogen-bond acceptors (Lipinski definition) is 5. The molecule has 0 aliphatic heterocycles. The van der Waals surface area contributed by atoms with Gasteiger partial charge in [0.15, 0.2) is 0 Å². The molecule has 7 heteroatoms. The van der Waals surface area contributed by atoms with Gasteiger partial charge < -0.3 is 19.3 Å². The minimum absolute atomic E-state index is 0.00326. The van der Waals surface area contributed by atoms with E-state index in [9.17, 15) is 19.5 Å². The number of benzene rings is 1. The maximum absolute atomic E-state index is 12.6. The number of hydrogen-bond donors (Lipinski definition) is 2. The highest BCUT2D eigenvalue weighted by molar-refractivity contribution is 5.99. The summed E-state index contributed by atoms with van der Waals surface area (Å²) in [6.07, 6.45) is 2.48. The second-order valence-electron chi connectivity index (χ2n) is 7.94. The summed E-state index contributed by atoms with van der Waals surface area (Å²) in [4.78, 5) is 36.4. The van der Waals surface area contributed by atoms with Crippen LogP contribution in [0.3, 0.4) is 0 Å². The molecule has 1 aromatic carbocycles. The fourth-order valence-corrected chi connectivity index (χ4v) is 3.77. The number of amides is 1. The molecule has 0 saturated carbocycles. The van der Waals surface area contributed by atoms with Gasteiger partial charge in [0.1, 0.15) is 17.2 Å². The van der Waals surface area contributed by atoms with Crippen LogP contribution < -0.4 is 10.9 Å². The molecule has 0 unspecified atom stereocenters. The molecule has 0 bridgehead atoms. The van der Waals surface area contributed by atoms with Gasteiger partial charge in [-0.3, -0.25) is 4.79 Å². The highest BCUT2D eigenvalue weighted by Gasteiger charge is 2.25. The Bertz CT molecular complexity index is 1190. The summed E-state index contributed by atoms with van der Waals surface area (Å²) >= 11 is 0. The van der Waals surface area contributed by atoms with E-state index in [4.69, 9.17) is 8.83 Å². The molecule has 0 aliphatic rings. The van der Waals surface area contributed by atoms with Gasteiger partial charge in [-0.25, -0.2) is 9.59 Å². The normalized spacial score (nSPS) is 13.5. The van der Waals surface area contributed by atoms with Crippen LogP contribution in [0.2, 0.25) is 0 Å². The Morgan fingerprint density at radius 1 is 1.13 bits per heavy atom. The Balaban J connectivity index is 1.90. The zero-order valence-electron chi connectivity index (χ0n) is 17.9. The van der Waals surface area contributed by atoms with Gasteiger partial charge in [-0.15, -0.1) is 0 Å². The van der Waals surface area contributed by atoms with Gasteiger partial charge in [0.05, 0.1) is 6.26 Å². The fraction of sp³-hybridized carbons (Fsp3) is 0.435. The van der Waals surface area contributed by atoms with E-state index in [0.717, 1.165) is 27.5 Å². The summed E-state index contributed by atoms with van der Waals surface area (Å²) in [6.45, 7) is 9.29. The van der Waals surface area contributed by atoms with E-state index in [2.05, 4.69) is 5.32 Å². The van der Waals surface area contributed by atoms with Crippen LogP contribution in [0.25, 0.3) is 21.9 Å². The van der Waals surface area contributed by atoms with Gasteiger partial charge in [-0.05, 0) is 50.3 Å². The zero-order chi connectivity index (χ0) is 22.2. The second-order valence-corrected chi connectivity index (χ2v) is 7.94. The lowest BCUT2D eigenvalue weighted by atomic mass is 9.97. The third-order valence-electron chi connectivity index (χ3n) is 5.93. The zero-order valence-corrected chi connectivity index (χ0v) is 17.9. The number of aliphatic carboxylic acids is 1. The second kappa shape index (κ2) is 8.34. The first-order valence-corrected chi connectivity index (χ1v) is 10.1. The Morgan fingerprint density at radius 3 is 2.47 bits per heavy atom. The average molecular weight is 413 g/mol. The number of carbonyl (C=O) groups is 2. The molecule has 0 fully saturated rings. The van der Waals surface area contributed by atoms with Gasteiger partial charge in [0, 0.05) is 28.3 Å². The predicted molar refractivity (Wildman–Crippen MR) is 114 cm³/mol. The standard InChI is InChI=1S/C23H27NO6/c1-6-11(2)19(22(26)27)24-18(25)8-7-15-13(4)17-9-16-12(3)10-29-20(16)14(5)21(17)30-23(15)28/h9-11,19H,6-8H2,1-5H3,(H,24,25)(H,26,27)/t11-,19+/m0/s1. The van der Waals surface area contributed by atoms with Crippen LogP contribution in [0.1, 0.15) is 48.9 Å². The first-order valence-electron chi connectivity index (χ1n) is 10.1. The van der Waals surface area contributed by atoms with Crippen molar-refractivity contribution < 1.29 is 23.5 Å². The van der Waals surface area contributed by atoms with Crippen LogP contribution in [0.5, 0.6) is 0 Å². The van der Waals surface area contributed by atoms with E-state index in [1.807, 2.05) is 33.8 Å². The Hall–Kier alpha value is -3.09. The predicted octanol–water partition coefficient (Wildman–Crippen LogP) is 4.01. The number of nitrogens with one attached hydrogen (secondary N) is 1. The molecular formula is C23H27NO6. The number of aryl methyl sites for hydroxylation is 3. The van der Waals surface area contributed by atoms with Crippen LogP contribution in [0.4, 0.5) is 0 Å². The molecule has 0 aliphatic carbocycles. The first-order chi connectivity index (χ1) is 14.1. The molecule has 2 atom stereocenters. The number of carboxylic acids is 1. The molecule has 7 nitrogen and oxygen atoms in total. The minimum atomic E-state index is -1.06. The quantitative estimate of drug-likeness (QED) is 0.566. The third-order valence-corrected chi connectivity index (χ3v) is 5.93. The molecule has 3 aromatic rings. The maximum Gasteiger partial charge on any atom is 0.339 e. The molecule has 0 saturated heterocycles. The third kappa shape index (κ3) is 3.84. The largest absolute Gasteiger partial charge is 0.480 e. The van der Waals surface area contributed by atoms with Crippen molar-refractivity contribution in [2.45, 2.75) is 59.9 Å². The van der Waals surface area contributed by atoms with Gasteiger partial charge in [0.2, 0.25) is 5.91 Å². The molecule has 160 valence electrons. The lowest BCUT2D eigenvalue weighted by Gasteiger charge is -2.20. The van der Waals surface area contributed by atoms with Gasteiger partial charge >= 0.3 is 11.6 Å². The van der Waals surface area contributed by atoms with Crippen LogP contribution in [0.15, 0.2) is 26.0 Å². The molecule has 2 N–H and O–H groups in total. The van der Waals surface area contributed by atoms with Crippen molar-refractivity contribution in [1.82, 2.24) is 5.32 Å². The number of furan rings is 1. The summed E-state index contributed by atoms with van der Waals surface area (Å²) in [5.41, 5.74) is 3.62. The van der Waals surface area contributed by atoms with Crippen LogP contribution in [-0.4, -0.2) is 23.0 Å². The van der Waals surface area contributed by atoms with E-state index in [1.165, 1.54) is 0 Å². The minimum Gasteiger partial charge on any atom is -0.480 e. The summed E-state index contributed by atoms with van der Waals surface area (Å²) in [6, 6.07) is 0.999. The maximum atomic E-state index is 12.6. The van der Waals surface area contributed by atoms with Crippen molar-refractivity contribution >= 4 is 33.8 Å². The van der Waals surface area contributed by atoms with E-state index < -0.39 is 23.5 Å². The lowest BCUT2D eigenvalue weighted by molar-refractivity contribution is -0.143. The molecule has 30 heavy (non-hydrogen) atoms. The Morgan fingerprint density at radius 2 is 1.83 bits per heavy atom. The van der Waals surface area contributed by atoms with Crippen molar-refractivity contribution in [3.05, 3.63) is 45.0 Å². The Kier molecular flexibility index (Phi) is 6.01. The number of carboxylic acid groups (broad SMARTS) is 1. The highest BCUT2D eigenvalue weighted by Crippen LogP contribution is 2.32.